The first-order chi connectivity index (χ1) is 8.26. The Kier molecular flexibility index (Phi) is 6.32. The maximum atomic E-state index is 12.0. The molecular formula is C12H18FNO2S. The van der Waals surface area contributed by atoms with Gasteiger partial charge in [0.1, 0.15) is 18.1 Å². The molecule has 0 aliphatic rings. The summed E-state index contributed by atoms with van der Waals surface area (Å²) >= 11 is 0.0964. The van der Waals surface area contributed by atoms with Gasteiger partial charge in [0.25, 0.3) is 0 Å². The van der Waals surface area contributed by atoms with E-state index in [1.807, 2.05) is 18.2 Å². The van der Waals surface area contributed by atoms with E-state index in [0.29, 0.717) is 6.54 Å². The fourth-order valence-corrected chi connectivity index (χ4v) is 1.91. The molecule has 3 nitrogen and oxygen atoms in total. The maximum Gasteiger partial charge on any atom is 0.131 e. The minimum atomic E-state index is -0.182. The van der Waals surface area contributed by atoms with Gasteiger partial charge >= 0.3 is 0 Å². The van der Waals surface area contributed by atoms with Crippen LogP contribution in [0.2, 0.25) is 0 Å². The molecule has 0 spiro atoms. The minimum absolute atomic E-state index is 0.0964. The molecule has 96 valence electrons. The van der Waals surface area contributed by atoms with Gasteiger partial charge in [0, 0.05) is 13.7 Å². The highest BCUT2D eigenvalue weighted by molar-refractivity contribution is 7.92. The first kappa shape index (κ1) is 14.3. The summed E-state index contributed by atoms with van der Waals surface area (Å²) in [7, 11) is 3.26. The summed E-state index contributed by atoms with van der Waals surface area (Å²) in [4.78, 5) is 0. The third kappa shape index (κ3) is 3.87. The van der Waals surface area contributed by atoms with Crippen LogP contribution in [0.1, 0.15) is 24.2 Å². The van der Waals surface area contributed by atoms with Crippen molar-refractivity contribution in [1.82, 2.24) is 4.72 Å². The van der Waals surface area contributed by atoms with Gasteiger partial charge in [0.05, 0.1) is 13.2 Å². The Morgan fingerprint density at radius 1 is 1.41 bits per heavy atom. The Hall–Kier alpha value is -0.780. The van der Waals surface area contributed by atoms with Crippen molar-refractivity contribution in [3.05, 3.63) is 29.3 Å². The second-order valence-corrected chi connectivity index (χ2v) is 4.02. The molecule has 0 saturated carbocycles. The lowest BCUT2D eigenvalue weighted by Crippen LogP contribution is -2.16. The van der Waals surface area contributed by atoms with E-state index in [-0.39, 0.29) is 18.4 Å². The number of hydrogen-bond acceptors (Lipinski definition) is 4. The number of hydrogen-bond donors (Lipinski definition) is 1. The summed E-state index contributed by atoms with van der Waals surface area (Å²) in [5.41, 5.74) is 2.13. The maximum absolute atomic E-state index is 12.0. The monoisotopic (exact) mass is 259 g/mol. The summed E-state index contributed by atoms with van der Waals surface area (Å²) in [6.45, 7) is 2.49. The van der Waals surface area contributed by atoms with E-state index in [0.717, 1.165) is 23.3 Å². The van der Waals surface area contributed by atoms with E-state index in [2.05, 4.69) is 11.6 Å². The molecule has 1 unspecified atom stereocenters. The Morgan fingerprint density at radius 2 is 2.18 bits per heavy atom. The van der Waals surface area contributed by atoms with Crippen molar-refractivity contribution in [2.24, 2.45) is 0 Å². The van der Waals surface area contributed by atoms with Gasteiger partial charge in [0.15, 0.2) is 0 Å². The van der Waals surface area contributed by atoms with Gasteiger partial charge in [-0.1, -0.05) is 19.1 Å². The van der Waals surface area contributed by atoms with Crippen molar-refractivity contribution < 1.29 is 13.4 Å². The normalized spacial score (nSPS) is 12.5. The predicted octanol–water partition coefficient (Wildman–Crippen LogP) is 3.07. The molecular weight excluding hydrogens is 241 g/mol. The van der Waals surface area contributed by atoms with Crippen LogP contribution in [0.25, 0.3) is 0 Å². The van der Waals surface area contributed by atoms with Crippen LogP contribution < -0.4 is 9.46 Å². The fourth-order valence-electron chi connectivity index (χ4n) is 1.70. The van der Waals surface area contributed by atoms with E-state index < -0.39 is 0 Å². The highest BCUT2D eigenvalue weighted by Gasteiger charge is 2.12. The standard InChI is InChI=1S/C12H18FNO2S/c1-4-9-5-6-10(7-11(9)15-2)12(16-3)8-14-17-13/h5-7,12,14H,4,8H2,1-3H3. The summed E-state index contributed by atoms with van der Waals surface area (Å²) in [5, 5.41) is 0. The van der Waals surface area contributed by atoms with Gasteiger partial charge < -0.3 is 9.47 Å². The van der Waals surface area contributed by atoms with Gasteiger partial charge in [-0.3, -0.25) is 0 Å². The molecule has 0 radical (unpaired) electrons. The summed E-state index contributed by atoms with van der Waals surface area (Å²) in [5.74, 6) is 0.847. The average molecular weight is 259 g/mol. The Balaban J connectivity index is 2.88. The SMILES string of the molecule is CCc1ccc(C(CNSF)OC)cc1OC. The number of halogens is 1. The summed E-state index contributed by atoms with van der Waals surface area (Å²) in [6.07, 6.45) is 0.734. The summed E-state index contributed by atoms with van der Waals surface area (Å²) < 4.78 is 25.2. The number of aryl methyl sites for hydroxylation is 1. The Bertz CT molecular complexity index is 349. The molecule has 0 aromatic heterocycles. The zero-order chi connectivity index (χ0) is 12.7. The Labute approximate surface area is 106 Å². The zero-order valence-electron chi connectivity index (χ0n) is 10.3. The largest absolute Gasteiger partial charge is 0.496 e. The molecule has 0 amide bonds. The van der Waals surface area contributed by atoms with E-state index in [4.69, 9.17) is 9.47 Å². The molecule has 1 atom stereocenters. The van der Waals surface area contributed by atoms with E-state index in [1.54, 1.807) is 14.2 Å². The third-order valence-corrected chi connectivity index (χ3v) is 2.95. The number of rotatable bonds is 7. The van der Waals surface area contributed by atoms with Crippen LogP contribution in [0.4, 0.5) is 3.89 Å². The average Bonchev–Trinajstić information content (AvgIpc) is 2.39. The van der Waals surface area contributed by atoms with Crippen molar-refractivity contribution in [2.45, 2.75) is 19.4 Å². The van der Waals surface area contributed by atoms with E-state index in [1.165, 1.54) is 0 Å². The van der Waals surface area contributed by atoms with Gasteiger partial charge in [-0.05, 0) is 23.6 Å². The molecule has 0 heterocycles. The second kappa shape index (κ2) is 7.53. The quantitative estimate of drug-likeness (QED) is 0.762. The molecule has 5 heteroatoms. The molecule has 17 heavy (non-hydrogen) atoms. The van der Waals surface area contributed by atoms with Crippen LogP contribution in [0.3, 0.4) is 0 Å². The molecule has 1 aromatic rings. The van der Waals surface area contributed by atoms with Crippen molar-refractivity contribution >= 4 is 12.3 Å². The second-order valence-electron chi connectivity index (χ2n) is 3.57. The first-order valence-electron chi connectivity index (χ1n) is 5.46. The van der Waals surface area contributed by atoms with Gasteiger partial charge in [-0.2, -0.15) is 0 Å². The number of ether oxygens (including phenoxy) is 2. The minimum Gasteiger partial charge on any atom is -0.496 e. The topological polar surface area (TPSA) is 30.5 Å². The molecule has 1 rings (SSSR count). The lowest BCUT2D eigenvalue weighted by atomic mass is 10.0. The van der Waals surface area contributed by atoms with Gasteiger partial charge in [-0.25, -0.2) is 4.72 Å². The lowest BCUT2D eigenvalue weighted by Gasteiger charge is -2.17. The Morgan fingerprint density at radius 3 is 2.71 bits per heavy atom. The molecule has 1 aromatic carbocycles. The van der Waals surface area contributed by atoms with Crippen LogP contribution in [-0.4, -0.2) is 20.8 Å². The molecule has 0 saturated heterocycles. The number of methoxy groups -OCH3 is 2. The highest BCUT2D eigenvalue weighted by atomic mass is 32.2. The van der Waals surface area contributed by atoms with Crippen molar-refractivity contribution in [3.8, 4) is 5.75 Å². The van der Waals surface area contributed by atoms with Crippen LogP contribution in [-0.2, 0) is 11.2 Å². The van der Waals surface area contributed by atoms with E-state index in [9.17, 15) is 3.89 Å². The fraction of sp³-hybridized carbons (Fsp3) is 0.500. The highest BCUT2D eigenvalue weighted by Crippen LogP contribution is 2.25. The third-order valence-electron chi connectivity index (χ3n) is 2.67. The predicted molar refractivity (Wildman–Crippen MR) is 68.8 cm³/mol. The van der Waals surface area contributed by atoms with E-state index >= 15 is 0 Å². The van der Waals surface area contributed by atoms with Crippen molar-refractivity contribution in [2.75, 3.05) is 20.8 Å². The van der Waals surface area contributed by atoms with Gasteiger partial charge in [-0.15, -0.1) is 3.89 Å². The molecule has 0 aliphatic heterocycles. The van der Waals surface area contributed by atoms with Crippen molar-refractivity contribution in [3.63, 3.8) is 0 Å². The lowest BCUT2D eigenvalue weighted by molar-refractivity contribution is 0.107. The zero-order valence-corrected chi connectivity index (χ0v) is 11.1. The van der Waals surface area contributed by atoms with Crippen LogP contribution in [0, 0.1) is 0 Å². The molecule has 0 fully saturated rings. The first-order valence-corrected chi connectivity index (χ1v) is 6.18. The molecule has 0 aliphatic carbocycles. The van der Waals surface area contributed by atoms with Crippen LogP contribution in [0.5, 0.6) is 5.75 Å². The number of benzene rings is 1. The molecule has 0 bridgehead atoms. The summed E-state index contributed by atoms with van der Waals surface area (Å²) in [6, 6.07) is 5.94. The smallest absolute Gasteiger partial charge is 0.131 e. The van der Waals surface area contributed by atoms with Gasteiger partial charge in [0.2, 0.25) is 0 Å². The van der Waals surface area contributed by atoms with Crippen LogP contribution in [0.15, 0.2) is 18.2 Å². The number of nitrogens with one attached hydrogen (secondary N) is 1. The molecule has 1 N–H and O–H groups in total. The van der Waals surface area contributed by atoms with Crippen LogP contribution >= 0.6 is 12.3 Å². The van der Waals surface area contributed by atoms with Crippen molar-refractivity contribution in [1.29, 1.82) is 0 Å².